The van der Waals surface area contributed by atoms with Crippen LogP contribution >= 0.6 is 11.8 Å². The fourth-order valence-corrected chi connectivity index (χ4v) is 4.64. The summed E-state index contributed by atoms with van der Waals surface area (Å²) in [5.41, 5.74) is 1.05. The minimum Gasteiger partial charge on any atom is -0.338 e. The second kappa shape index (κ2) is 7.37. The maximum atomic E-state index is 13.3. The molecule has 0 aromatic heterocycles. The molecule has 2 aromatic carbocycles. The van der Waals surface area contributed by atoms with Crippen molar-refractivity contribution in [2.75, 3.05) is 51.2 Å². The quantitative estimate of drug-likeness (QED) is 0.756. The van der Waals surface area contributed by atoms with E-state index in [1.165, 1.54) is 23.9 Å². The summed E-state index contributed by atoms with van der Waals surface area (Å²) in [4.78, 5) is 8.70. The maximum Gasteiger partial charge on any atom is 0.416 e. The molecule has 2 aromatic rings. The third-order valence-electron chi connectivity index (χ3n) is 5.19. The van der Waals surface area contributed by atoms with E-state index in [4.69, 9.17) is 0 Å². The zero-order chi connectivity index (χ0) is 19.0. The molecule has 2 aliphatic rings. The summed E-state index contributed by atoms with van der Waals surface area (Å²) in [5, 5.41) is 0. The Hall–Kier alpha value is -1.70. The lowest BCUT2D eigenvalue weighted by atomic mass is 10.1. The summed E-state index contributed by atoms with van der Waals surface area (Å²) >= 11 is 1.54. The number of hydrogen-bond acceptors (Lipinski definition) is 4. The molecule has 2 heterocycles. The number of para-hydroxylation sites is 1. The van der Waals surface area contributed by atoms with E-state index in [0.717, 1.165) is 48.2 Å². The van der Waals surface area contributed by atoms with Crippen molar-refractivity contribution < 1.29 is 13.2 Å². The lowest BCUT2D eigenvalue weighted by Gasteiger charge is -2.37. The number of likely N-dealkylation sites (N-methyl/N-ethyl adjacent to an activating group) is 1. The summed E-state index contributed by atoms with van der Waals surface area (Å²) in [6.07, 6.45) is -4.33. The smallest absolute Gasteiger partial charge is 0.338 e. The Labute approximate surface area is 161 Å². The highest BCUT2D eigenvalue weighted by Gasteiger charge is 2.33. The van der Waals surface area contributed by atoms with E-state index < -0.39 is 11.7 Å². The Morgan fingerprint density at radius 2 is 1.59 bits per heavy atom. The first-order valence-electron chi connectivity index (χ1n) is 9.08. The molecule has 0 bridgehead atoms. The monoisotopic (exact) mass is 393 g/mol. The van der Waals surface area contributed by atoms with Gasteiger partial charge in [0.25, 0.3) is 0 Å². The normalized spacial score (nSPS) is 18.3. The van der Waals surface area contributed by atoms with Gasteiger partial charge in [0.1, 0.15) is 0 Å². The van der Waals surface area contributed by atoms with Gasteiger partial charge in [-0.25, -0.2) is 0 Å². The van der Waals surface area contributed by atoms with Gasteiger partial charge in [-0.15, -0.1) is 0 Å². The number of benzene rings is 2. The fourth-order valence-electron chi connectivity index (χ4n) is 3.56. The Morgan fingerprint density at radius 3 is 2.33 bits per heavy atom. The first kappa shape index (κ1) is 18.7. The van der Waals surface area contributed by atoms with Gasteiger partial charge in [-0.1, -0.05) is 23.9 Å². The van der Waals surface area contributed by atoms with Crippen LogP contribution in [0, 0.1) is 0 Å². The van der Waals surface area contributed by atoms with Gasteiger partial charge in [0, 0.05) is 49.1 Å². The highest BCUT2D eigenvalue weighted by atomic mass is 32.2. The second-order valence-corrected chi connectivity index (χ2v) is 8.13. The SMILES string of the molecule is CN1CCN(CCN2c3ccccc3Sc3ccc(C(F)(F)F)cc32)CC1. The maximum absolute atomic E-state index is 13.3. The number of anilines is 2. The number of hydrogen-bond donors (Lipinski definition) is 0. The minimum atomic E-state index is -4.33. The average Bonchev–Trinajstić information content (AvgIpc) is 2.65. The van der Waals surface area contributed by atoms with Crippen LogP contribution in [0.3, 0.4) is 0 Å². The number of rotatable bonds is 3. The third kappa shape index (κ3) is 3.95. The van der Waals surface area contributed by atoms with Gasteiger partial charge in [0.2, 0.25) is 0 Å². The summed E-state index contributed by atoms with van der Waals surface area (Å²) in [7, 11) is 2.12. The predicted molar refractivity (Wildman–Crippen MR) is 103 cm³/mol. The van der Waals surface area contributed by atoms with Gasteiger partial charge in [-0.2, -0.15) is 13.2 Å². The molecule has 1 saturated heterocycles. The van der Waals surface area contributed by atoms with Crippen molar-refractivity contribution in [1.82, 2.24) is 9.80 Å². The fraction of sp³-hybridized carbons (Fsp3) is 0.400. The second-order valence-electron chi connectivity index (χ2n) is 7.05. The molecule has 7 heteroatoms. The van der Waals surface area contributed by atoms with Crippen LogP contribution in [-0.2, 0) is 6.18 Å². The summed E-state index contributed by atoms with van der Waals surface area (Å²) < 4.78 is 39.8. The summed E-state index contributed by atoms with van der Waals surface area (Å²) in [5.74, 6) is 0. The molecule has 0 N–H and O–H groups in total. The van der Waals surface area contributed by atoms with Crippen molar-refractivity contribution in [1.29, 1.82) is 0 Å². The summed E-state index contributed by atoms with van der Waals surface area (Å²) in [6.45, 7) is 5.56. The number of alkyl halides is 3. The first-order valence-corrected chi connectivity index (χ1v) is 9.90. The number of fused-ring (bicyclic) bond motifs is 2. The molecule has 144 valence electrons. The highest BCUT2D eigenvalue weighted by molar-refractivity contribution is 7.99. The molecule has 0 aliphatic carbocycles. The molecule has 27 heavy (non-hydrogen) atoms. The molecule has 1 fully saturated rings. The van der Waals surface area contributed by atoms with Crippen LogP contribution in [0.5, 0.6) is 0 Å². The Bertz CT molecular complexity index is 816. The lowest BCUT2D eigenvalue weighted by Crippen LogP contribution is -2.46. The lowest BCUT2D eigenvalue weighted by molar-refractivity contribution is -0.137. The Balaban J connectivity index is 1.63. The van der Waals surface area contributed by atoms with E-state index in [-0.39, 0.29) is 0 Å². The topological polar surface area (TPSA) is 9.72 Å². The van der Waals surface area contributed by atoms with Gasteiger partial charge < -0.3 is 9.80 Å². The van der Waals surface area contributed by atoms with Crippen LogP contribution in [0.1, 0.15) is 5.56 Å². The van der Waals surface area contributed by atoms with Crippen LogP contribution in [0.15, 0.2) is 52.3 Å². The zero-order valence-electron chi connectivity index (χ0n) is 15.2. The van der Waals surface area contributed by atoms with E-state index in [0.29, 0.717) is 12.2 Å². The predicted octanol–water partition coefficient (Wildman–Crippen LogP) is 4.56. The van der Waals surface area contributed by atoms with Crippen molar-refractivity contribution in [2.24, 2.45) is 0 Å². The van der Waals surface area contributed by atoms with Gasteiger partial charge >= 0.3 is 6.18 Å². The molecule has 3 nitrogen and oxygen atoms in total. The van der Waals surface area contributed by atoms with E-state index in [2.05, 4.69) is 21.7 Å². The van der Waals surface area contributed by atoms with Gasteiger partial charge in [-0.05, 0) is 37.4 Å². The number of halogens is 3. The largest absolute Gasteiger partial charge is 0.416 e. The minimum absolute atomic E-state index is 0.592. The van der Waals surface area contributed by atoms with Crippen molar-refractivity contribution in [3.05, 3.63) is 48.0 Å². The third-order valence-corrected chi connectivity index (χ3v) is 6.32. The van der Waals surface area contributed by atoms with E-state index >= 15 is 0 Å². The molecule has 0 atom stereocenters. The first-order chi connectivity index (χ1) is 12.9. The molecule has 0 spiro atoms. The van der Waals surface area contributed by atoms with Crippen molar-refractivity contribution in [3.63, 3.8) is 0 Å². The molecule has 0 amide bonds. The van der Waals surface area contributed by atoms with Crippen LogP contribution in [-0.4, -0.2) is 56.1 Å². The number of piperazine rings is 1. The molecule has 0 unspecified atom stereocenters. The molecular weight excluding hydrogens is 371 g/mol. The standard InChI is InChI=1S/C20H22F3N3S/c1-24-8-10-25(11-9-24)12-13-26-16-4-2-3-5-18(16)27-19-7-6-15(14-17(19)26)20(21,22)23/h2-7,14H,8-13H2,1H3. The highest BCUT2D eigenvalue weighted by Crippen LogP contribution is 2.49. The Kier molecular flexibility index (Phi) is 5.09. The molecule has 4 rings (SSSR count). The van der Waals surface area contributed by atoms with Crippen molar-refractivity contribution in [3.8, 4) is 0 Å². The van der Waals surface area contributed by atoms with Gasteiger partial charge in [-0.3, -0.25) is 4.90 Å². The summed E-state index contributed by atoms with van der Waals surface area (Å²) in [6, 6.07) is 12.0. The van der Waals surface area contributed by atoms with E-state index in [9.17, 15) is 13.2 Å². The number of nitrogens with zero attached hydrogens (tertiary/aromatic N) is 3. The van der Waals surface area contributed by atoms with Crippen LogP contribution in [0.25, 0.3) is 0 Å². The van der Waals surface area contributed by atoms with Crippen LogP contribution in [0.4, 0.5) is 24.5 Å². The molecule has 2 aliphatic heterocycles. The average molecular weight is 393 g/mol. The molecule has 0 radical (unpaired) electrons. The van der Waals surface area contributed by atoms with Crippen LogP contribution < -0.4 is 4.90 Å². The van der Waals surface area contributed by atoms with Crippen molar-refractivity contribution in [2.45, 2.75) is 16.0 Å². The molecule has 0 saturated carbocycles. The van der Waals surface area contributed by atoms with E-state index in [1.807, 2.05) is 24.3 Å². The van der Waals surface area contributed by atoms with Gasteiger partial charge in [0.05, 0.1) is 16.9 Å². The van der Waals surface area contributed by atoms with E-state index in [1.54, 1.807) is 6.07 Å². The zero-order valence-corrected chi connectivity index (χ0v) is 16.0. The van der Waals surface area contributed by atoms with Crippen LogP contribution in [0.2, 0.25) is 0 Å². The van der Waals surface area contributed by atoms with Gasteiger partial charge in [0.15, 0.2) is 0 Å². The molecular formula is C20H22F3N3S. The van der Waals surface area contributed by atoms with Crippen molar-refractivity contribution >= 4 is 23.1 Å². The Morgan fingerprint density at radius 1 is 0.889 bits per heavy atom.